The Morgan fingerprint density at radius 1 is 1.38 bits per heavy atom. The average molecular weight is 375 g/mol. The molecule has 1 saturated heterocycles. The monoisotopic (exact) mass is 375 g/mol. The molecule has 1 aromatic carbocycles. The van der Waals surface area contributed by atoms with Crippen LogP contribution in [0.1, 0.15) is 6.42 Å². The number of hydrogen-bond acceptors (Lipinski definition) is 6. The Morgan fingerprint density at radius 3 is 2.88 bits per heavy atom. The number of sulfone groups is 1. The molecule has 2 aromatic heterocycles. The highest BCUT2D eigenvalue weighted by Crippen LogP contribution is 2.24. The lowest BCUT2D eigenvalue weighted by Gasteiger charge is -2.23. The lowest BCUT2D eigenvalue weighted by molar-refractivity contribution is -0.132. The molecular formula is C17H17N3O5S. The van der Waals surface area contributed by atoms with Crippen LogP contribution in [-0.4, -0.2) is 53.4 Å². The van der Waals surface area contributed by atoms with Gasteiger partial charge in [-0.1, -0.05) is 12.1 Å². The van der Waals surface area contributed by atoms with Crippen LogP contribution in [0, 0.1) is 0 Å². The van der Waals surface area contributed by atoms with Gasteiger partial charge in [0.1, 0.15) is 17.6 Å². The molecule has 1 aliphatic heterocycles. The van der Waals surface area contributed by atoms with Crippen LogP contribution < -0.4 is 5.56 Å². The molecule has 0 N–H and O–H groups in total. The molecule has 3 heterocycles. The Morgan fingerprint density at radius 2 is 2.15 bits per heavy atom. The number of nitrogens with zero attached hydrogens (tertiary/aromatic N) is 3. The Labute approximate surface area is 148 Å². The fraction of sp³-hybridized carbons (Fsp3) is 0.353. The van der Waals surface area contributed by atoms with Crippen LogP contribution >= 0.6 is 0 Å². The van der Waals surface area contributed by atoms with E-state index in [1.807, 2.05) is 12.1 Å². The molecule has 9 heteroatoms. The SMILES string of the molecule is CN(C(=O)Cn1cnc2c(oc3ccccc32)c1=O)[C@H]1CCS(=O)(=O)C1. The van der Waals surface area contributed by atoms with E-state index in [4.69, 9.17) is 4.42 Å². The second-order valence-electron chi connectivity index (χ2n) is 6.52. The highest BCUT2D eigenvalue weighted by Gasteiger charge is 2.32. The van der Waals surface area contributed by atoms with Gasteiger partial charge in [-0.15, -0.1) is 0 Å². The van der Waals surface area contributed by atoms with Gasteiger partial charge in [-0.05, 0) is 18.6 Å². The maximum absolute atomic E-state index is 12.6. The molecular weight excluding hydrogens is 358 g/mol. The normalized spacial score (nSPS) is 19.2. The van der Waals surface area contributed by atoms with Crippen LogP contribution in [0.4, 0.5) is 0 Å². The number of furan rings is 1. The molecule has 0 spiro atoms. The van der Waals surface area contributed by atoms with Gasteiger partial charge in [0.25, 0.3) is 5.56 Å². The lowest BCUT2D eigenvalue weighted by Crippen LogP contribution is -2.41. The molecule has 1 aliphatic rings. The van der Waals surface area contributed by atoms with Crippen molar-refractivity contribution in [3.05, 3.63) is 40.9 Å². The van der Waals surface area contributed by atoms with Crippen molar-refractivity contribution >= 4 is 37.8 Å². The summed E-state index contributed by atoms with van der Waals surface area (Å²) in [4.78, 5) is 30.8. The fourth-order valence-electron chi connectivity index (χ4n) is 3.27. The highest BCUT2D eigenvalue weighted by atomic mass is 32.2. The van der Waals surface area contributed by atoms with Crippen LogP contribution in [0.5, 0.6) is 0 Å². The molecule has 1 atom stereocenters. The number of amides is 1. The summed E-state index contributed by atoms with van der Waals surface area (Å²) in [6, 6.07) is 6.85. The number of aromatic nitrogens is 2. The molecule has 3 aromatic rings. The summed E-state index contributed by atoms with van der Waals surface area (Å²) in [7, 11) is -1.53. The van der Waals surface area contributed by atoms with E-state index in [9.17, 15) is 18.0 Å². The minimum atomic E-state index is -3.09. The molecule has 0 bridgehead atoms. The van der Waals surface area contributed by atoms with Crippen molar-refractivity contribution in [3.63, 3.8) is 0 Å². The Balaban J connectivity index is 1.63. The van der Waals surface area contributed by atoms with Gasteiger partial charge in [0.2, 0.25) is 11.5 Å². The molecule has 8 nitrogen and oxygen atoms in total. The van der Waals surface area contributed by atoms with Crippen LogP contribution in [0.2, 0.25) is 0 Å². The summed E-state index contributed by atoms with van der Waals surface area (Å²) in [5.74, 6) is -0.293. The van der Waals surface area contributed by atoms with E-state index in [0.29, 0.717) is 17.5 Å². The maximum atomic E-state index is 12.6. The number of fused-ring (bicyclic) bond motifs is 3. The second kappa shape index (κ2) is 5.94. The van der Waals surface area contributed by atoms with E-state index < -0.39 is 15.4 Å². The first kappa shape index (κ1) is 16.8. The van der Waals surface area contributed by atoms with Crippen molar-refractivity contribution in [2.24, 2.45) is 0 Å². The van der Waals surface area contributed by atoms with Crippen LogP contribution in [-0.2, 0) is 21.2 Å². The van der Waals surface area contributed by atoms with E-state index in [2.05, 4.69) is 4.98 Å². The number of hydrogen-bond donors (Lipinski definition) is 0. The standard InChI is InChI=1S/C17H17N3O5S/c1-19(11-6-7-26(23,24)9-11)14(21)8-20-10-18-15-12-4-2-3-5-13(12)25-16(15)17(20)22/h2-5,10-11H,6-9H2,1H3/t11-/m0/s1. The van der Waals surface area contributed by atoms with Gasteiger partial charge in [-0.3, -0.25) is 14.2 Å². The zero-order valence-corrected chi connectivity index (χ0v) is 14.9. The van der Waals surface area contributed by atoms with E-state index in [1.165, 1.54) is 15.8 Å². The van der Waals surface area contributed by atoms with Crippen LogP contribution in [0.25, 0.3) is 22.1 Å². The third kappa shape index (κ3) is 2.78. The van der Waals surface area contributed by atoms with E-state index >= 15 is 0 Å². The summed E-state index contributed by atoms with van der Waals surface area (Å²) >= 11 is 0. The van der Waals surface area contributed by atoms with Gasteiger partial charge >= 0.3 is 0 Å². The minimum Gasteiger partial charge on any atom is -0.448 e. The number of carbonyl (C=O) groups is 1. The van der Waals surface area contributed by atoms with Gasteiger partial charge in [0.15, 0.2) is 9.84 Å². The summed E-state index contributed by atoms with van der Waals surface area (Å²) in [5, 5.41) is 0.742. The Kier molecular flexibility index (Phi) is 3.83. The number of benzene rings is 1. The third-order valence-corrected chi connectivity index (χ3v) is 6.56. The topological polar surface area (TPSA) is 102 Å². The quantitative estimate of drug-likeness (QED) is 0.671. The van der Waals surface area contributed by atoms with Crippen molar-refractivity contribution in [1.29, 1.82) is 0 Å². The van der Waals surface area contributed by atoms with Gasteiger partial charge in [-0.2, -0.15) is 0 Å². The zero-order chi connectivity index (χ0) is 18.5. The minimum absolute atomic E-state index is 0.0367. The number of likely N-dealkylation sites (N-methyl/N-ethyl adjacent to an activating group) is 1. The van der Waals surface area contributed by atoms with Gasteiger partial charge in [-0.25, -0.2) is 13.4 Å². The molecule has 1 fully saturated rings. The van der Waals surface area contributed by atoms with Crippen molar-refractivity contribution in [1.82, 2.24) is 14.5 Å². The first-order valence-electron chi connectivity index (χ1n) is 8.18. The van der Waals surface area contributed by atoms with Crippen molar-refractivity contribution in [3.8, 4) is 0 Å². The summed E-state index contributed by atoms with van der Waals surface area (Å²) in [6.45, 7) is -0.216. The lowest BCUT2D eigenvalue weighted by atomic mass is 10.2. The molecule has 0 aliphatic carbocycles. The van der Waals surface area contributed by atoms with Gasteiger partial charge in [0, 0.05) is 18.5 Å². The number of para-hydroxylation sites is 1. The molecule has 0 saturated carbocycles. The van der Waals surface area contributed by atoms with E-state index in [0.717, 1.165) is 5.39 Å². The van der Waals surface area contributed by atoms with Crippen molar-refractivity contribution in [2.75, 3.05) is 18.6 Å². The zero-order valence-electron chi connectivity index (χ0n) is 14.1. The predicted octanol–water partition coefficient (Wildman–Crippen LogP) is 0.788. The number of rotatable bonds is 3. The van der Waals surface area contributed by atoms with E-state index in [1.54, 1.807) is 19.2 Å². The molecule has 0 radical (unpaired) electrons. The summed E-state index contributed by atoms with van der Waals surface area (Å²) < 4.78 is 30.0. The predicted molar refractivity (Wildman–Crippen MR) is 95.6 cm³/mol. The fourth-order valence-corrected chi connectivity index (χ4v) is 5.04. The van der Waals surface area contributed by atoms with Crippen molar-refractivity contribution < 1.29 is 17.6 Å². The number of carbonyl (C=O) groups excluding carboxylic acids is 1. The van der Waals surface area contributed by atoms with Crippen molar-refractivity contribution in [2.45, 2.75) is 19.0 Å². The van der Waals surface area contributed by atoms with E-state index in [-0.39, 0.29) is 35.6 Å². The third-order valence-electron chi connectivity index (χ3n) is 4.81. The second-order valence-corrected chi connectivity index (χ2v) is 8.74. The maximum Gasteiger partial charge on any atom is 0.297 e. The average Bonchev–Trinajstić information content (AvgIpc) is 3.17. The molecule has 4 rings (SSSR count). The van der Waals surface area contributed by atoms with Crippen LogP contribution in [0.15, 0.2) is 39.8 Å². The smallest absolute Gasteiger partial charge is 0.297 e. The molecule has 1 amide bonds. The summed E-state index contributed by atoms with van der Waals surface area (Å²) in [6.07, 6.45) is 1.74. The Hall–Kier alpha value is -2.68. The van der Waals surface area contributed by atoms with Gasteiger partial charge in [0.05, 0.1) is 17.8 Å². The van der Waals surface area contributed by atoms with Gasteiger partial charge < -0.3 is 9.32 Å². The molecule has 0 unspecified atom stereocenters. The molecule has 136 valence electrons. The highest BCUT2D eigenvalue weighted by molar-refractivity contribution is 7.91. The van der Waals surface area contributed by atoms with Crippen LogP contribution in [0.3, 0.4) is 0 Å². The first-order chi connectivity index (χ1) is 12.4. The summed E-state index contributed by atoms with van der Waals surface area (Å²) in [5.41, 5.74) is 0.689. The molecule has 26 heavy (non-hydrogen) atoms. The first-order valence-corrected chi connectivity index (χ1v) is 10.0. The Bertz CT molecular complexity index is 1180. The largest absolute Gasteiger partial charge is 0.448 e.